The van der Waals surface area contributed by atoms with E-state index in [1.54, 1.807) is 6.33 Å². The Hall–Kier alpha value is -2.36. The van der Waals surface area contributed by atoms with Crippen LogP contribution in [0.15, 0.2) is 36.9 Å². The van der Waals surface area contributed by atoms with E-state index in [0.29, 0.717) is 0 Å². The Morgan fingerprint density at radius 2 is 2.06 bits per heavy atom. The average Bonchev–Trinajstić information content (AvgIpc) is 2.71. The van der Waals surface area contributed by atoms with E-state index in [-0.39, 0.29) is 0 Å². The minimum Gasteiger partial charge on any atom is -0.398 e. The predicted octanol–water partition coefficient (Wildman–Crippen LogP) is 2.53. The zero-order valence-corrected chi connectivity index (χ0v) is 10.4. The fraction of sp³-hybridized carbons (Fsp3) is 0.143. The van der Waals surface area contributed by atoms with E-state index in [2.05, 4.69) is 22.2 Å². The Labute approximate surface area is 105 Å². The first kappa shape index (κ1) is 10.8. The van der Waals surface area contributed by atoms with Gasteiger partial charge in [-0.15, -0.1) is 0 Å². The summed E-state index contributed by atoms with van der Waals surface area (Å²) in [4.78, 5) is 8.41. The lowest BCUT2D eigenvalue weighted by Crippen LogP contribution is -1.91. The molecule has 2 heterocycles. The third-order valence-electron chi connectivity index (χ3n) is 3.30. The molecule has 0 unspecified atom stereocenters. The quantitative estimate of drug-likeness (QED) is 0.663. The number of nitrogen functional groups attached to an aromatic ring is 1. The summed E-state index contributed by atoms with van der Waals surface area (Å²) in [6.45, 7) is 2.04. The molecule has 4 heteroatoms. The van der Waals surface area contributed by atoms with E-state index in [0.717, 1.165) is 33.4 Å². The number of benzene rings is 1. The number of anilines is 1. The van der Waals surface area contributed by atoms with Crippen LogP contribution in [0.5, 0.6) is 0 Å². The van der Waals surface area contributed by atoms with E-state index < -0.39 is 0 Å². The molecule has 90 valence electrons. The summed E-state index contributed by atoms with van der Waals surface area (Å²) in [5.41, 5.74) is 11.1. The Balaban J connectivity index is 2.36. The maximum absolute atomic E-state index is 5.97. The van der Waals surface area contributed by atoms with Crippen molar-refractivity contribution in [2.45, 2.75) is 6.92 Å². The molecule has 0 radical (unpaired) electrons. The molecule has 0 amide bonds. The standard InChI is InChI=1S/C14H14N4/c1-9-10(4-3-5-13(9)15)12-7-18(2)14-11(12)6-16-8-17-14/h3-8H,15H2,1-2H3. The van der Waals surface area contributed by atoms with E-state index in [1.165, 1.54) is 0 Å². The van der Waals surface area contributed by atoms with E-state index in [1.807, 2.05) is 36.9 Å². The molecule has 0 fully saturated rings. The van der Waals surface area contributed by atoms with Crippen LogP contribution in [0.4, 0.5) is 5.69 Å². The average molecular weight is 238 g/mol. The first-order valence-electron chi connectivity index (χ1n) is 5.79. The molecule has 0 bridgehead atoms. The van der Waals surface area contributed by atoms with E-state index >= 15 is 0 Å². The van der Waals surface area contributed by atoms with E-state index in [9.17, 15) is 0 Å². The van der Waals surface area contributed by atoms with Gasteiger partial charge in [0, 0.05) is 36.1 Å². The maximum Gasteiger partial charge on any atom is 0.143 e. The molecule has 0 aliphatic carbocycles. The molecule has 1 aromatic carbocycles. The van der Waals surface area contributed by atoms with Gasteiger partial charge in [0.15, 0.2) is 0 Å². The van der Waals surface area contributed by atoms with Crippen LogP contribution in [0.3, 0.4) is 0 Å². The second kappa shape index (κ2) is 3.84. The SMILES string of the molecule is Cc1c(N)cccc1-c1cn(C)c2ncncc12. The lowest BCUT2D eigenvalue weighted by Gasteiger charge is -2.06. The van der Waals surface area contributed by atoms with Crippen LogP contribution >= 0.6 is 0 Å². The summed E-state index contributed by atoms with van der Waals surface area (Å²) >= 11 is 0. The zero-order valence-electron chi connectivity index (χ0n) is 10.4. The van der Waals surface area contributed by atoms with Crippen molar-refractivity contribution in [1.29, 1.82) is 0 Å². The molecule has 0 spiro atoms. The first-order valence-corrected chi connectivity index (χ1v) is 5.79. The minimum atomic E-state index is 0.807. The van der Waals surface area contributed by atoms with Gasteiger partial charge in [-0.05, 0) is 24.1 Å². The Morgan fingerprint density at radius 1 is 1.22 bits per heavy atom. The molecular formula is C14H14N4. The van der Waals surface area contributed by atoms with Crippen molar-refractivity contribution in [3.63, 3.8) is 0 Å². The van der Waals surface area contributed by atoms with Crippen LogP contribution in [0, 0.1) is 6.92 Å². The Morgan fingerprint density at radius 3 is 2.89 bits per heavy atom. The van der Waals surface area contributed by atoms with Crippen LogP contribution in [-0.4, -0.2) is 14.5 Å². The summed E-state index contributed by atoms with van der Waals surface area (Å²) in [5.74, 6) is 0. The number of fused-ring (bicyclic) bond motifs is 1. The van der Waals surface area contributed by atoms with Crippen molar-refractivity contribution in [2.75, 3.05) is 5.73 Å². The minimum absolute atomic E-state index is 0.807. The van der Waals surface area contributed by atoms with Crippen LogP contribution < -0.4 is 5.73 Å². The molecule has 18 heavy (non-hydrogen) atoms. The predicted molar refractivity (Wildman–Crippen MR) is 73.1 cm³/mol. The van der Waals surface area contributed by atoms with Crippen molar-refractivity contribution < 1.29 is 0 Å². The third-order valence-corrected chi connectivity index (χ3v) is 3.30. The topological polar surface area (TPSA) is 56.7 Å². The highest BCUT2D eigenvalue weighted by Crippen LogP contribution is 2.32. The summed E-state index contributed by atoms with van der Waals surface area (Å²) in [7, 11) is 1.99. The molecule has 0 atom stereocenters. The monoisotopic (exact) mass is 238 g/mol. The van der Waals surface area contributed by atoms with Crippen LogP contribution in [0.1, 0.15) is 5.56 Å². The van der Waals surface area contributed by atoms with Gasteiger partial charge < -0.3 is 10.3 Å². The maximum atomic E-state index is 5.97. The smallest absolute Gasteiger partial charge is 0.143 e. The highest BCUT2D eigenvalue weighted by atomic mass is 15.0. The Kier molecular flexibility index (Phi) is 2.30. The van der Waals surface area contributed by atoms with Gasteiger partial charge in [0.05, 0.1) is 0 Å². The second-order valence-corrected chi connectivity index (χ2v) is 4.43. The molecule has 0 saturated heterocycles. The lowest BCUT2D eigenvalue weighted by molar-refractivity contribution is 0.944. The largest absolute Gasteiger partial charge is 0.398 e. The molecule has 0 aliphatic rings. The third kappa shape index (κ3) is 1.46. The van der Waals surface area contributed by atoms with Crippen LogP contribution in [0.2, 0.25) is 0 Å². The molecule has 2 N–H and O–H groups in total. The second-order valence-electron chi connectivity index (χ2n) is 4.43. The van der Waals surface area contributed by atoms with Gasteiger partial charge in [-0.2, -0.15) is 0 Å². The van der Waals surface area contributed by atoms with Gasteiger partial charge in [0.1, 0.15) is 12.0 Å². The van der Waals surface area contributed by atoms with Crippen molar-refractivity contribution >= 4 is 16.7 Å². The van der Waals surface area contributed by atoms with Crippen LogP contribution in [-0.2, 0) is 7.05 Å². The number of nitrogens with two attached hydrogens (primary N) is 1. The number of hydrogen-bond donors (Lipinski definition) is 1. The number of nitrogens with zero attached hydrogens (tertiary/aromatic N) is 3. The summed E-state index contributed by atoms with van der Waals surface area (Å²) < 4.78 is 2.01. The van der Waals surface area contributed by atoms with Crippen molar-refractivity contribution in [3.8, 4) is 11.1 Å². The van der Waals surface area contributed by atoms with Gasteiger partial charge in [-0.1, -0.05) is 12.1 Å². The highest BCUT2D eigenvalue weighted by molar-refractivity contribution is 5.95. The zero-order chi connectivity index (χ0) is 12.7. The fourth-order valence-electron chi connectivity index (χ4n) is 2.28. The fourth-order valence-corrected chi connectivity index (χ4v) is 2.28. The van der Waals surface area contributed by atoms with Crippen molar-refractivity contribution in [2.24, 2.45) is 7.05 Å². The van der Waals surface area contributed by atoms with Gasteiger partial charge in [0.2, 0.25) is 0 Å². The number of hydrogen-bond acceptors (Lipinski definition) is 3. The molecular weight excluding hydrogens is 224 g/mol. The van der Waals surface area contributed by atoms with Crippen molar-refractivity contribution in [1.82, 2.24) is 14.5 Å². The normalized spacial score (nSPS) is 11.0. The number of aromatic nitrogens is 3. The van der Waals surface area contributed by atoms with Gasteiger partial charge in [0.25, 0.3) is 0 Å². The molecule has 2 aromatic heterocycles. The van der Waals surface area contributed by atoms with Gasteiger partial charge >= 0.3 is 0 Å². The van der Waals surface area contributed by atoms with Gasteiger partial charge in [-0.3, -0.25) is 0 Å². The lowest BCUT2D eigenvalue weighted by atomic mass is 10.00. The molecule has 3 aromatic rings. The van der Waals surface area contributed by atoms with Gasteiger partial charge in [-0.25, -0.2) is 9.97 Å². The van der Waals surface area contributed by atoms with Crippen molar-refractivity contribution in [3.05, 3.63) is 42.5 Å². The summed E-state index contributed by atoms with van der Waals surface area (Å²) in [6.07, 6.45) is 5.49. The number of aryl methyl sites for hydroxylation is 1. The summed E-state index contributed by atoms with van der Waals surface area (Å²) in [5, 5.41) is 1.05. The summed E-state index contributed by atoms with van der Waals surface area (Å²) in [6, 6.07) is 5.97. The van der Waals surface area contributed by atoms with Crippen LogP contribution in [0.25, 0.3) is 22.2 Å². The highest BCUT2D eigenvalue weighted by Gasteiger charge is 2.12. The number of rotatable bonds is 1. The Bertz CT molecular complexity index is 728. The molecule has 4 nitrogen and oxygen atoms in total. The molecule has 3 rings (SSSR count). The molecule has 0 aliphatic heterocycles. The first-order chi connectivity index (χ1) is 8.68. The molecule has 0 saturated carbocycles. The van der Waals surface area contributed by atoms with E-state index in [4.69, 9.17) is 5.73 Å².